The van der Waals surface area contributed by atoms with Crippen LogP contribution in [0.25, 0.3) is 16.8 Å². The number of carbonyl (C=O) groups excluding carboxylic acids is 2. The third kappa shape index (κ3) is 4.63. The Balaban J connectivity index is 1.91. The Kier molecular flexibility index (Phi) is 6.62. The predicted molar refractivity (Wildman–Crippen MR) is 115 cm³/mol. The van der Waals surface area contributed by atoms with Crippen molar-refractivity contribution in [2.24, 2.45) is 0 Å². The second-order valence-corrected chi connectivity index (χ2v) is 7.00. The zero-order valence-corrected chi connectivity index (χ0v) is 16.7. The molecular formula is C23H21ClN2O3. The fourth-order valence-corrected chi connectivity index (χ4v) is 3.59. The predicted octanol–water partition coefficient (Wildman–Crippen LogP) is 3.97. The molecule has 1 unspecified atom stereocenters. The first-order valence-electron chi connectivity index (χ1n) is 9.28. The molecule has 3 aromatic rings. The van der Waals surface area contributed by atoms with Gasteiger partial charge >= 0.3 is 0 Å². The molecule has 3 rings (SSSR count). The molecule has 0 aliphatic rings. The van der Waals surface area contributed by atoms with E-state index in [1.807, 2.05) is 42.5 Å². The summed E-state index contributed by atoms with van der Waals surface area (Å²) in [6.07, 6.45) is 3.19. The van der Waals surface area contributed by atoms with E-state index in [2.05, 4.69) is 5.32 Å². The van der Waals surface area contributed by atoms with Gasteiger partial charge in [-0.1, -0.05) is 48.0 Å². The number of rotatable bonds is 7. The molecule has 0 aliphatic heterocycles. The average molecular weight is 409 g/mol. The number of nitrogens with one attached hydrogen (secondary N) is 1. The number of amides is 1. The zero-order chi connectivity index (χ0) is 20.8. The quantitative estimate of drug-likeness (QED) is 0.601. The van der Waals surface area contributed by atoms with Crippen molar-refractivity contribution in [2.75, 3.05) is 7.05 Å². The Morgan fingerprint density at radius 3 is 2.52 bits per heavy atom. The normalized spacial score (nSPS) is 11.7. The van der Waals surface area contributed by atoms with Gasteiger partial charge in [0.15, 0.2) is 0 Å². The summed E-state index contributed by atoms with van der Waals surface area (Å²) in [5, 5.41) is 3.05. The molecular weight excluding hydrogens is 388 g/mol. The molecule has 148 valence electrons. The number of hydrogen-bond acceptors (Lipinski definition) is 3. The Bertz CT molecular complexity index is 1070. The Hall–Kier alpha value is -3.18. The first kappa shape index (κ1) is 20.6. The van der Waals surface area contributed by atoms with Crippen molar-refractivity contribution in [3.8, 4) is 16.8 Å². The average Bonchev–Trinajstić information content (AvgIpc) is 2.75. The van der Waals surface area contributed by atoms with Crippen molar-refractivity contribution in [3.05, 3.63) is 87.8 Å². The molecule has 0 aliphatic carbocycles. The standard InChI is InChI=1S/C23H21ClN2O3/c1-25-21(28)13-10-17(15-27)20-6-4-5-19(23(20)24)16-8-11-18(12-9-16)26-14-3-2-7-22(26)29/h2-9,11-12,14-15,17H,10,13H2,1H3,(H,25,28). The molecule has 0 radical (unpaired) electrons. The third-order valence-corrected chi connectivity index (χ3v) is 5.25. The maximum Gasteiger partial charge on any atom is 0.255 e. The summed E-state index contributed by atoms with van der Waals surface area (Å²) in [7, 11) is 1.57. The molecule has 0 saturated heterocycles. The largest absolute Gasteiger partial charge is 0.359 e. The molecule has 0 bridgehead atoms. The van der Waals surface area contributed by atoms with Crippen LogP contribution in [0.15, 0.2) is 71.7 Å². The van der Waals surface area contributed by atoms with Crippen LogP contribution < -0.4 is 10.9 Å². The lowest BCUT2D eigenvalue weighted by atomic mass is 9.92. The fraction of sp³-hybridized carbons (Fsp3) is 0.174. The second-order valence-electron chi connectivity index (χ2n) is 6.62. The molecule has 1 heterocycles. The smallest absolute Gasteiger partial charge is 0.255 e. The van der Waals surface area contributed by atoms with Crippen LogP contribution in [-0.2, 0) is 9.59 Å². The Morgan fingerprint density at radius 1 is 1.10 bits per heavy atom. The second kappa shape index (κ2) is 9.34. The van der Waals surface area contributed by atoms with Crippen LogP contribution in [0.2, 0.25) is 5.02 Å². The molecule has 0 spiro atoms. The van der Waals surface area contributed by atoms with Crippen LogP contribution in [0, 0.1) is 0 Å². The summed E-state index contributed by atoms with van der Waals surface area (Å²) in [5.74, 6) is -0.571. The van der Waals surface area contributed by atoms with Crippen molar-refractivity contribution >= 4 is 23.8 Å². The van der Waals surface area contributed by atoms with Crippen LogP contribution in [0.1, 0.15) is 24.3 Å². The van der Waals surface area contributed by atoms with E-state index >= 15 is 0 Å². The highest BCUT2D eigenvalue weighted by Gasteiger charge is 2.18. The number of aldehydes is 1. The first-order valence-corrected chi connectivity index (χ1v) is 9.65. The highest BCUT2D eigenvalue weighted by atomic mass is 35.5. The summed E-state index contributed by atoms with van der Waals surface area (Å²) in [5.41, 5.74) is 3.02. The van der Waals surface area contributed by atoms with Crippen LogP contribution in [0.3, 0.4) is 0 Å². The number of pyridine rings is 1. The van der Waals surface area contributed by atoms with Crippen molar-refractivity contribution in [3.63, 3.8) is 0 Å². The topological polar surface area (TPSA) is 68.2 Å². The number of nitrogens with zero attached hydrogens (tertiary/aromatic N) is 1. The minimum Gasteiger partial charge on any atom is -0.359 e. The Morgan fingerprint density at radius 2 is 1.86 bits per heavy atom. The van der Waals surface area contributed by atoms with Gasteiger partial charge in [-0.25, -0.2) is 0 Å². The lowest BCUT2D eigenvalue weighted by molar-refractivity contribution is -0.120. The Labute approximate surface area is 174 Å². The van der Waals surface area contributed by atoms with Crippen LogP contribution in [0.5, 0.6) is 0 Å². The molecule has 5 nitrogen and oxygen atoms in total. The van der Waals surface area contributed by atoms with E-state index in [0.717, 1.165) is 23.1 Å². The van der Waals surface area contributed by atoms with E-state index in [0.29, 0.717) is 17.0 Å². The maximum atomic E-state index is 12.0. The van der Waals surface area contributed by atoms with Crippen molar-refractivity contribution < 1.29 is 9.59 Å². The van der Waals surface area contributed by atoms with Gasteiger partial charge in [0.05, 0.1) is 5.02 Å². The van der Waals surface area contributed by atoms with Gasteiger partial charge in [-0.15, -0.1) is 0 Å². The SMILES string of the molecule is CNC(=O)CCC(C=O)c1cccc(-c2ccc(-n3ccccc3=O)cc2)c1Cl. The lowest BCUT2D eigenvalue weighted by Gasteiger charge is -2.15. The van der Waals surface area contributed by atoms with Gasteiger partial charge in [-0.2, -0.15) is 0 Å². The highest BCUT2D eigenvalue weighted by molar-refractivity contribution is 6.34. The molecule has 0 fully saturated rings. The summed E-state index contributed by atoms with van der Waals surface area (Å²) >= 11 is 6.63. The van der Waals surface area contributed by atoms with Gasteiger partial charge in [0.25, 0.3) is 5.56 Å². The summed E-state index contributed by atoms with van der Waals surface area (Å²) in [4.78, 5) is 35.1. The number of benzene rings is 2. The number of aromatic nitrogens is 1. The van der Waals surface area contributed by atoms with Crippen molar-refractivity contribution in [1.29, 1.82) is 0 Å². The van der Waals surface area contributed by atoms with E-state index in [4.69, 9.17) is 11.6 Å². The minimum atomic E-state index is -0.457. The molecule has 1 aromatic heterocycles. The van der Waals surface area contributed by atoms with E-state index in [1.54, 1.807) is 29.9 Å². The van der Waals surface area contributed by atoms with Crippen molar-refractivity contribution in [1.82, 2.24) is 9.88 Å². The van der Waals surface area contributed by atoms with Gasteiger partial charge in [0, 0.05) is 42.9 Å². The maximum absolute atomic E-state index is 12.0. The third-order valence-electron chi connectivity index (χ3n) is 4.83. The van der Waals surface area contributed by atoms with Crippen LogP contribution in [-0.4, -0.2) is 23.8 Å². The molecule has 1 atom stereocenters. The fourth-order valence-electron chi connectivity index (χ4n) is 3.21. The van der Waals surface area contributed by atoms with Crippen LogP contribution in [0.4, 0.5) is 0 Å². The summed E-state index contributed by atoms with van der Waals surface area (Å²) in [6, 6.07) is 18.0. The molecule has 6 heteroatoms. The van der Waals surface area contributed by atoms with Gasteiger partial charge in [0.1, 0.15) is 6.29 Å². The monoisotopic (exact) mass is 408 g/mol. The van der Waals surface area contributed by atoms with Crippen molar-refractivity contribution in [2.45, 2.75) is 18.8 Å². The van der Waals surface area contributed by atoms with Gasteiger partial charge < -0.3 is 10.1 Å². The molecule has 29 heavy (non-hydrogen) atoms. The number of halogens is 1. The number of carbonyl (C=O) groups is 2. The van der Waals surface area contributed by atoms with E-state index < -0.39 is 5.92 Å². The zero-order valence-electron chi connectivity index (χ0n) is 16.0. The lowest BCUT2D eigenvalue weighted by Crippen LogP contribution is -2.18. The van der Waals surface area contributed by atoms with Gasteiger partial charge in [-0.05, 0) is 35.7 Å². The molecule has 2 aromatic carbocycles. The highest BCUT2D eigenvalue weighted by Crippen LogP contribution is 2.35. The van der Waals surface area contributed by atoms with E-state index in [1.165, 1.54) is 6.07 Å². The first-order chi connectivity index (χ1) is 14.0. The molecule has 1 N–H and O–H groups in total. The van der Waals surface area contributed by atoms with E-state index in [-0.39, 0.29) is 17.9 Å². The van der Waals surface area contributed by atoms with E-state index in [9.17, 15) is 14.4 Å². The number of hydrogen-bond donors (Lipinski definition) is 1. The van der Waals surface area contributed by atoms with Crippen LogP contribution >= 0.6 is 11.6 Å². The molecule has 0 saturated carbocycles. The van der Waals surface area contributed by atoms with Gasteiger partial charge in [0.2, 0.25) is 5.91 Å². The summed E-state index contributed by atoms with van der Waals surface area (Å²) < 4.78 is 1.56. The van der Waals surface area contributed by atoms with Gasteiger partial charge in [-0.3, -0.25) is 14.2 Å². The molecule has 1 amide bonds. The minimum absolute atomic E-state index is 0.106. The summed E-state index contributed by atoms with van der Waals surface area (Å²) in [6.45, 7) is 0.